The number of carbonyl (C=O) groups is 3. The fourth-order valence-corrected chi connectivity index (χ4v) is 1.26. The molecule has 0 aliphatic heterocycles. The maximum Gasteiger partial charge on any atom is 0.326 e. The molecule has 0 saturated carbocycles. The van der Waals surface area contributed by atoms with Gasteiger partial charge in [-0.15, -0.1) is 0 Å². The summed E-state index contributed by atoms with van der Waals surface area (Å²) in [5, 5.41) is 22.9. The standard InChI is InChI=1S/C10H12N2O6/c1-5-4-11-18-8(5)9(15)12-6(10(16)17)2-3-7(13)14/h4,6H,2-3H2,1H3,(H,12,15)(H,13,14)(H,16,17)/t6-/m0/s1. The van der Waals surface area contributed by atoms with Crippen molar-refractivity contribution in [1.82, 2.24) is 10.5 Å². The smallest absolute Gasteiger partial charge is 0.326 e. The summed E-state index contributed by atoms with van der Waals surface area (Å²) in [7, 11) is 0. The van der Waals surface area contributed by atoms with Crippen molar-refractivity contribution < 1.29 is 29.1 Å². The minimum Gasteiger partial charge on any atom is -0.481 e. The van der Waals surface area contributed by atoms with Gasteiger partial charge in [-0.05, 0) is 13.3 Å². The molecule has 0 aromatic carbocycles. The zero-order chi connectivity index (χ0) is 13.7. The van der Waals surface area contributed by atoms with Crippen molar-refractivity contribution in [3.63, 3.8) is 0 Å². The molecule has 0 saturated heterocycles. The van der Waals surface area contributed by atoms with Gasteiger partial charge >= 0.3 is 11.9 Å². The number of nitrogens with zero attached hydrogens (tertiary/aromatic N) is 1. The van der Waals surface area contributed by atoms with Gasteiger partial charge in [-0.25, -0.2) is 4.79 Å². The maximum atomic E-state index is 11.6. The molecule has 0 spiro atoms. The van der Waals surface area contributed by atoms with Crippen molar-refractivity contribution in [3.8, 4) is 0 Å². The van der Waals surface area contributed by atoms with Crippen LogP contribution in [0.2, 0.25) is 0 Å². The van der Waals surface area contributed by atoms with Gasteiger partial charge < -0.3 is 20.1 Å². The molecule has 1 heterocycles. The second-order valence-corrected chi connectivity index (χ2v) is 3.63. The first-order chi connectivity index (χ1) is 8.41. The summed E-state index contributed by atoms with van der Waals surface area (Å²) in [5.74, 6) is -3.26. The SMILES string of the molecule is Cc1cnoc1C(=O)N[C@@H](CCC(=O)O)C(=O)O. The van der Waals surface area contributed by atoms with Crippen LogP contribution in [0.1, 0.15) is 29.0 Å². The molecular formula is C10H12N2O6. The van der Waals surface area contributed by atoms with Gasteiger partial charge in [0.25, 0.3) is 5.91 Å². The van der Waals surface area contributed by atoms with Gasteiger partial charge in [0.05, 0.1) is 6.20 Å². The van der Waals surface area contributed by atoms with Crippen LogP contribution in [-0.2, 0) is 9.59 Å². The van der Waals surface area contributed by atoms with Crippen molar-refractivity contribution in [1.29, 1.82) is 0 Å². The van der Waals surface area contributed by atoms with Crippen molar-refractivity contribution >= 4 is 17.8 Å². The monoisotopic (exact) mass is 256 g/mol. The van der Waals surface area contributed by atoms with Crippen LogP contribution >= 0.6 is 0 Å². The van der Waals surface area contributed by atoms with E-state index in [1.165, 1.54) is 6.20 Å². The van der Waals surface area contributed by atoms with Crippen LogP contribution in [0.25, 0.3) is 0 Å². The maximum absolute atomic E-state index is 11.6. The molecule has 0 bridgehead atoms. The van der Waals surface area contributed by atoms with E-state index in [1.54, 1.807) is 6.92 Å². The Morgan fingerprint density at radius 3 is 2.56 bits per heavy atom. The summed E-state index contributed by atoms with van der Waals surface area (Å²) in [4.78, 5) is 32.8. The van der Waals surface area contributed by atoms with Crippen molar-refractivity contribution in [2.45, 2.75) is 25.8 Å². The third-order valence-corrected chi connectivity index (χ3v) is 2.21. The Balaban J connectivity index is 2.67. The first-order valence-electron chi connectivity index (χ1n) is 5.08. The molecule has 8 nitrogen and oxygen atoms in total. The predicted molar refractivity (Wildman–Crippen MR) is 57.0 cm³/mol. The second-order valence-electron chi connectivity index (χ2n) is 3.63. The van der Waals surface area contributed by atoms with Crippen LogP contribution in [0.15, 0.2) is 10.7 Å². The number of nitrogens with one attached hydrogen (secondary N) is 1. The Morgan fingerprint density at radius 1 is 1.44 bits per heavy atom. The van der Waals surface area contributed by atoms with Gasteiger partial charge in [-0.3, -0.25) is 9.59 Å². The van der Waals surface area contributed by atoms with Gasteiger partial charge in [-0.2, -0.15) is 0 Å². The van der Waals surface area contributed by atoms with Crippen LogP contribution < -0.4 is 5.32 Å². The molecule has 18 heavy (non-hydrogen) atoms. The van der Waals surface area contributed by atoms with E-state index in [1.807, 2.05) is 0 Å². The van der Waals surface area contributed by atoms with Crippen LogP contribution in [0, 0.1) is 6.92 Å². The molecule has 0 fully saturated rings. The Bertz CT molecular complexity index is 467. The highest BCUT2D eigenvalue weighted by atomic mass is 16.5. The van der Waals surface area contributed by atoms with Crippen LogP contribution in [-0.4, -0.2) is 39.3 Å². The van der Waals surface area contributed by atoms with E-state index < -0.39 is 23.9 Å². The van der Waals surface area contributed by atoms with E-state index >= 15 is 0 Å². The number of carboxylic acid groups (broad SMARTS) is 2. The summed E-state index contributed by atoms with van der Waals surface area (Å²) in [6.07, 6.45) is 0.762. The molecular weight excluding hydrogens is 244 g/mol. The average molecular weight is 256 g/mol. The number of aliphatic carboxylic acids is 2. The number of carboxylic acids is 2. The molecule has 3 N–H and O–H groups in total. The zero-order valence-electron chi connectivity index (χ0n) is 9.54. The number of hydrogen-bond donors (Lipinski definition) is 3. The lowest BCUT2D eigenvalue weighted by molar-refractivity contribution is -0.140. The summed E-state index contributed by atoms with van der Waals surface area (Å²) in [5.41, 5.74) is 0.467. The summed E-state index contributed by atoms with van der Waals surface area (Å²) in [6, 6.07) is -1.28. The lowest BCUT2D eigenvalue weighted by Gasteiger charge is -2.12. The van der Waals surface area contributed by atoms with E-state index in [9.17, 15) is 14.4 Å². The molecule has 1 amide bonds. The molecule has 1 aromatic rings. The second kappa shape index (κ2) is 5.80. The molecule has 0 aliphatic carbocycles. The number of rotatable bonds is 6. The van der Waals surface area contributed by atoms with Crippen molar-refractivity contribution in [2.75, 3.05) is 0 Å². The largest absolute Gasteiger partial charge is 0.481 e. The topological polar surface area (TPSA) is 130 Å². The van der Waals surface area contributed by atoms with Crippen molar-refractivity contribution in [3.05, 3.63) is 17.5 Å². The van der Waals surface area contributed by atoms with E-state index in [-0.39, 0.29) is 18.6 Å². The molecule has 0 radical (unpaired) electrons. The number of hydrogen-bond acceptors (Lipinski definition) is 5. The molecule has 0 aliphatic rings. The Labute approximate surface area is 102 Å². The molecule has 8 heteroatoms. The summed E-state index contributed by atoms with van der Waals surface area (Å²) in [6.45, 7) is 1.58. The van der Waals surface area contributed by atoms with E-state index in [2.05, 4.69) is 15.0 Å². The Kier molecular flexibility index (Phi) is 4.41. The lowest BCUT2D eigenvalue weighted by atomic mass is 10.1. The molecule has 98 valence electrons. The fourth-order valence-electron chi connectivity index (χ4n) is 1.26. The molecule has 1 aromatic heterocycles. The fraction of sp³-hybridized carbons (Fsp3) is 0.400. The lowest BCUT2D eigenvalue weighted by Crippen LogP contribution is -2.41. The highest BCUT2D eigenvalue weighted by Gasteiger charge is 2.24. The zero-order valence-corrected chi connectivity index (χ0v) is 9.54. The van der Waals surface area contributed by atoms with Crippen LogP contribution in [0.4, 0.5) is 0 Å². The molecule has 1 rings (SSSR count). The van der Waals surface area contributed by atoms with Crippen LogP contribution in [0.5, 0.6) is 0 Å². The summed E-state index contributed by atoms with van der Waals surface area (Å²) >= 11 is 0. The van der Waals surface area contributed by atoms with E-state index in [0.29, 0.717) is 5.56 Å². The predicted octanol–water partition coefficient (Wildman–Crippen LogP) is 0.0308. The third-order valence-electron chi connectivity index (χ3n) is 2.21. The Hall–Kier alpha value is -2.38. The van der Waals surface area contributed by atoms with E-state index in [4.69, 9.17) is 10.2 Å². The van der Waals surface area contributed by atoms with Gasteiger partial charge in [0.2, 0.25) is 5.76 Å². The molecule has 0 unspecified atom stereocenters. The minimum absolute atomic E-state index is 0.0865. The quantitative estimate of drug-likeness (QED) is 0.654. The number of aromatic nitrogens is 1. The number of carbonyl (C=O) groups excluding carboxylic acids is 1. The number of amides is 1. The third kappa shape index (κ3) is 3.58. The van der Waals surface area contributed by atoms with Gasteiger partial charge in [-0.1, -0.05) is 5.16 Å². The first kappa shape index (κ1) is 13.7. The van der Waals surface area contributed by atoms with Gasteiger partial charge in [0.1, 0.15) is 6.04 Å². The highest BCUT2D eigenvalue weighted by Crippen LogP contribution is 2.07. The van der Waals surface area contributed by atoms with Gasteiger partial charge in [0.15, 0.2) is 0 Å². The van der Waals surface area contributed by atoms with E-state index in [0.717, 1.165) is 0 Å². The van der Waals surface area contributed by atoms with Crippen LogP contribution in [0.3, 0.4) is 0 Å². The normalized spacial score (nSPS) is 11.8. The van der Waals surface area contributed by atoms with Gasteiger partial charge in [0, 0.05) is 12.0 Å². The highest BCUT2D eigenvalue weighted by molar-refractivity contribution is 5.95. The van der Waals surface area contributed by atoms with Crippen molar-refractivity contribution in [2.24, 2.45) is 0 Å². The first-order valence-corrected chi connectivity index (χ1v) is 5.08. The average Bonchev–Trinajstić information content (AvgIpc) is 2.69. The molecule has 1 atom stereocenters. The number of aryl methyl sites for hydroxylation is 1. The Morgan fingerprint density at radius 2 is 2.11 bits per heavy atom. The summed E-state index contributed by atoms with van der Waals surface area (Å²) < 4.78 is 4.66. The minimum atomic E-state index is -1.30.